The number of rotatable bonds is 11. The molecule has 20 aromatic rings. The lowest BCUT2D eigenvalue weighted by atomic mass is 9.33. The van der Waals surface area contributed by atoms with Crippen LogP contribution in [0.4, 0.5) is 34.1 Å². The van der Waals surface area contributed by atoms with Gasteiger partial charge in [-0.1, -0.05) is 329 Å². The molecule has 5 heterocycles. The second-order valence-corrected chi connectivity index (χ2v) is 36.0. The monoisotopic (exact) mass is 1540 g/mol. The van der Waals surface area contributed by atoms with Crippen LogP contribution in [0.1, 0.15) is 79.0 Å². The molecule has 0 aliphatic carbocycles. The van der Waals surface area contributed by atoms with Crippen molar-refractivity contribution in [1.29, 1.82) is 0 Å². The van der Waals surface area contributed by atoms with Gasteiger partial charge in [0.2, 0.25) is 0 Å². The first-order valence-electron chi connectivity index (χ1n) is 42.3. The molecule has 0 spiro atoms. The number of benzene rings is 17. The Morgan fingerprint density at radius 2 is 0.558 bits per heavy atom. The van der Waals surface area contributed by atoms with Gasteiger partial charge in [-0.05, 0) is 209 Å². The van der Waals surface area contributed by atoms with Crippen LogP contribution >= 0.6 is 0 Å². The van der Waals surface area contributed by atoms with Crippen LogP contribution in [0, 0.1) is 0 Å². The summed E-state index contributed by atoms with van der Waals surface area (Å²) in [7, 11) is 0. The van der Waals surface area contributed by atoms with E-state index in [1.807, 2.05) is 0 Å². The molecule has 17 aromatic carbocycles. The lowest BCUT2D eigenvalue weighted by Crippen LogP contribution is -2.61. The Morgan fingerprint density at radius 3 is 0.975 bits per heavy atom. The second-order valence-electron chi connectivity index (χ2n) is 36.0. The van der Waals surface area contributed by atoms with Crippen molar-refractivity contribution in [1.82, 2.24) is 13.7 Å². The van der Waals surface area contributed by atoms with Crippen LogP contribution in [0.25, 0.3) is 149 Å². The largest absolute Gasteiger partial charge is 0.310 e. The minimum atomic E-state index is -0.389. The summed E-state index contributed by atoms with van der Waals surface area (Å²) in [5.74, 6) is 0. The highest BCUT2D eigenvalue weighted by Gasteiger charge is 2.47. The Hall–Kier alpha value is -14.2. The van der Waals surface area contributed by atoms with E-state index in [2.05, 4.69) is 468 Å². The van der Waals surface area contributed by atoms with Crippen molar-refractivity contribution in [3.8, 4) is 83.8 Å². The van der Waals surface area contributed by atoms with E-state index in [9.17, 15) is 0 Å². The highest BCUT2D eigenvalue weighted by atomic mass is 15.2. The highest BCUT2D eigenvalue weighted by molar-refractivity contribution is 7.00. The second kappa shape index (κ2) is 27.7. The van der Waals surface area contributed by atoms with Gasteiger partial charge < -0.3 is 23.5 Å². The Kier molecular flexibility index (Phi) is 16.7. The number of hydrogen-bond acceptors (Lipinski definition) is 2. The van der Waals surface area contributed by atoms with Crippen LogP contribution in [0.2, 0.25) is 0 Å². The summed E-state index contributed by atoms with van der Waals surface area (Å²) < 4.78 is 7.64. The zero-order chi connectivity index (χ0) is 81.0. The van der Waals surface area contributed by atoms with Gasteiger partial charge in [0.05, 0.1) is 44.5 Å². The first kappa shape index (κ1) is 72.3. The maximum Gasteiger partial charge on any atom is 0.252 e. The Bertz CT molecular complexity index is 7290. The molecule has 120 heavy (non-hydrogen) atoms. The highest BCUT2D eigenvalue weighted by Crippen LogP contribution is 2.57. The molecule has 0 amide bonds. The molecule has 3 aromatic heterocycles. The Balaban J connectivity index is 0.919. The third kappa shape index (κ3) is 11.7. The van der Waals surface area contributed by atoms with Crippen molar-refractivity contribution in [2.45, 2.75) is 78.6 Å². The fourth-order valence-electron chi connectivity index (χ4n) is 19.7. The Labute approximate surface area is 702 Å². The first-order valence-corrected chi connectivity index (χ1v) is 42.3. The van der Waals surface area contributed by atoms with Gasteiger partial charge in [0, 0.05) is 94.4 Å². The van der Waals surface area contributed by atoms with E-state index in [1.54, 1.807) is 0 Å². The molecule has 574 valence electrons. The van der Waals surface area contributed by atoms with Gasteiger partial charge >= 0.3 is 0 Å². The standard InChI is InChI=1S/C114H90BN5/c1-112(2,3)81-53-60-100-94(67-81)95-68-82(113(4,5)6)54-61-101(95)117(100)85-55-58-96-103(71-85)119(109-90(75-39-21-12-22-40-75)63-79(73-35-17-10-18-36-73)64-91(109)76-41-23-13-24-42-76)105-69-83(114(7,8)9)70-106-108(105)115(96)97-59-56-86(118-98-51-33-31-49-87(98)88-57-62-102-107(111(88)118)89-50-32-34-52-99(89)116(102)84-47-29-16-30-48-84)72-104(97)120(106)110-92(77-43-25-14-26-44-77)65-80(74-37-19-11-20-38-74)66-93(110)78-45-27-15-28-46-78/h10-72H,1-9H3. The molecule has 0 saturated carbocycles. The summed E-state index contributed by atoms with van der Waals surface area (Å²) in [4.78, 5) is 5.49. The van der Waals surface area contributed by atoms with Gasteiger partial charge in [0.25, 0.3) is 6.71 Å². The Morgan fingerprint density at radius 1 is 0.217 bits per heavy atom. The van der Waals surface area contributed by atoms with E-state index in [4.69, 9.17) is 0 Å². The van der Waals surface area contributed by atoms with E-state index in [-0.39, 0.29) is 23.0 Å². The van der Waals surface area contributed by atoms with Gasteiger partial charge in [-0.25, -0.2) is 0 Å². The normalized spacial score (nSPS) is 12.8. The van der Waals surface area contributed by atoms with Crippen molar-refractivity contribution in [3.63, 3.8) is 0 Å². The molecule has 2 aliphatic heterocycles. The summed E-state index contributed by atoms with van der Waals surface area (Å²) in [5.41, 5.74) is 37.4. The van der Waals surface area contributed by atoms with E-state index >= 15 is 0 Å². The molecule has 5 nitrogen and oxygen atoms in total. The van der Waals surface area contributed by atoms with E-state index in [1.165, 1.54) is 81.9 Å². The van der Waals surface area contributed by atoms with Gasteiger partial charge in [-0.2, -0.15) is 0 Å². The predicted octanol–water partition coefficient (Wildman–Crippen LogP) is 29.0. The molecule has 0 saturated heterocycles. The lowest BCUT2D eigenvalue weighted by Gasteiger charge is -2.46. The van der Waals surface area contributed by atoms with Gasteiger partial charge in [-0.15, -0.1) is 0 Å². The third-order valence-corrected chi connectivity index (χ3v) is 25.6. The maximum atomic E-state index is 2.75. The summed E-state index contributed by atoms with van der Waals surface area (Å²) in [6.45, 7) is 20.9. The molecule has 0 radical (unpaired) electrons. The number of hydrogen-bond donors (Lipinski definition) is 0. The van der Waals surface area contributed by atoms with Gasteiger partial charge in [0.1, 0.15) is 0 Å². The molecule has 2 aliphatic rings. The van der Waals surface area contributed by atoms with Crippen LogP contribution in [0.5, 0.6) is 0 Å². The van der Waals surface area contributed by atoms with Crippen LogP contribution in [0.15, 0.2) is 382 Å². The molecule has 0 N–H and O–H groups in total. The van der Waals surface area contributed by atoms with Crippen molar-refractivity contribution in [2.24, 2.45) is 0 Å². The summed E-state index contributed by atoms with van der Waals surface area (Å²) in [6.07, 6.45) is 0. The van der Waals surface area contributed by atoms with Crippen molar-refractivity contribution in [2.75, 3.05) is 9.80 Å². The molecule has 0 bridgehead atoms. The fraction of sp³-hybridized carbons (Fsp3) is 0.105. The number of aromatic nitrogens is 3. The number of nitrogens with zero attached hydrogens (tertiary/aromatic N) is 5. The SMILES string of the molecule is CC(C)(C)c1cc2c3c(c1)N(c1c(-c4ccccc4)cc(-c4ccccc4)cc1-c1ccccc1)c1cc(-n4c5ccccc5c5ccc6c(c7ccccc7n6-c6ccccc6)c54)ccc1B3c1ccc(-n3c4ccc(C(C)(C)C)cc4c4cc(C(C)(C)C)ccc43)cc1N2c1c(-c2ccccc2)cc(-c2ccccc2)cc1-c1ccccc1. The van der Waals surface area contributed by atoms with Crippen LogP contribution in [0.3, 0.4) is 0 Å². The molecular formula is C114H90BN5. The first-order chi connectivity index (χ1) is 58.5. The van der Waals surface area contributed by atoms with E-state index < -0.39 is 0 Å². The van der Waals surface area contributed by atoms with Crippen molar-refractivity contribution >= 4 is 123 Å². The molecule has 6 heteroatoms. The van der Waals surface area contributed by atoms with Crippen LogP contribution in [-0.2, 0) is 16.2 Å². The fourth-order valence-corrected chi connectivity index (χ4v) is 19.7. The average Bonchev–Trinajstić information content (AvgIpc) is 0.754. The minimum Gasteiger partial charge on any atom is -0.310 e. The zero-order valence-corrected chi connectivity index (χ0v) is 69.2. The third-order valence-electron chi connectivity index (χ3n) is 25.6. The van der Waals surface area contributed by atoms with Gasteiger partial charge in [-0.3, -0.25) is 0 Å². The summed E-state index contributed by atoms with van der Waals surface area (Å²) in [6, 6.07) is 145. The molecule has 0 fully saturated rings. The van der Waals surface area contributed by atoms with E-state index in [0.717, 1.165) is 134 Å². The minimum absolute atomic E-state index is 0.0810. The quantitative estimate of drug-likeness (QED) is 0.120. The number of fused-ring (bicyclic) bond motifs is 14. The van der Waals surface area contributed by atoms with E-state index in [0.29, 0.717) is 0 Å². The number of para-hydroxylation sites is 3. The van der Waals surface area contributed by atoms with Gasteiger partial charge in [0.15, 0.2) is 0 Å². The summed E-state index contributed by atoms with van der Waals surface area (Å²) in [5, 5.41) is 7.32. The van der Waals surface area contributed by atoms with Crippen LogP contribution in [-0.4, -0.2) is 20.4 Å². The van der Waals surface area contributed by atoms with Crippen molar-refractivity contribution < 1.29 is 0 Å². The lowest BCUT2D eigenvalue weighted by molar-refractivity contribution is 0.590. The zero-order valence-electron chi connectivity index (χ0n) is 69.2. The molecule has 0 unspecified atom stereocenters. The maximum absolute atomic E-state index is 2.75. The topological polar surface area (TPSA) is 21.3 Å². The van der Waals surface area contributed by atoms with Crippen LogP contribution < -0.4 is 26.2 Å². The predicted molar refractivity (Wildman–Crippen MR) is 512 cm³/mol. The smallest absolute Gasteiger partial charge is 0.252 e. The molecule has 22 rings (SSSR count). The van der Waals surface area contributed by atoms with Crippen molar-refractivity contribution in [3.05, 3.63) is 399 Å². The average molecular weight is 1540 g/mol. The molecule has 0 atom stereocenters. The summed E-state index contributed by atoms with van der Waals surface area (Å²) >= 11 is 0. The number of anilines is 6. The molecular weight excluding hydrogens is 1450 g/mol.